The summed E-state index contributed by atoms with van der Waals surface area (Å²) in [5.41, 5.74) is 2.96. The molecule has 3 aromatic rings. The van der Waals surface area contributed by atoms with Crippen molar-refractivity contribution in [3.8, 4) is 0 Å². The SMILES string of the molecule is Cc1cccc(Cn2cc(NC(=O)C3CCN(S(=O)(=O)c4ccc(Cl)cc4)CC3)cn2)c1. The van der Waals surface area contributed by atoms with Gasteiger partial charge in [0, 0.05) is 30.2 Å². The Balaban J connectivity index is 1.32. The average molecular weight is 473 g/mol. The molecular formula is C23H25ClN4O3S. The Morgan fingerprint density at radius 2 is 1.88 bits per heavy atom. The van der Waals surface area contributed by atoms with Crippen LogP contribution in [0.25, 0.3) is 0 Å². The number of carbonyl (C=O) groups is 1. The number of aromatic nitrogens is 2. The molecule has 2 heterocycles. The van der Waals surface area contributed by atoms with Gasteiger partial charge in [-0.3, -0.25) is 9.48 Å². The van der Waals surface area contributed by atoms with Crippen molar-refractivity contribution in [2.75, 3.05) is 18.4 Å². The van der Waals surface area contributed by atoms with Gasteiger partial charge >= 0.3 is 0 Å². The normalized spacial score (nSPS) is 15.6. The average Bonchev–Trinajstić information content (AvgIpc) is 3.20. The molecule has 0 spiro atoms. The predicted octanol–water partition coefficient (Wildman–Crippen LogP) is 3.93. The fourth-order valence-corrected chi connectivity index (χ4v) is 5.47. The molecule has 2 aromatic carbocycles. The summed E-state index contributed by atoms with van der Waals surface area (Å²) in [5.74, 6) is -0.351. The van der Waals surface area contributed by atoms with Gasteiger partial charge in [0.1, 0.15) is 0 Å². The van der Waals surface area contributed by atoms with Crippen LogP contribution in [0.4, 0.5) is 5.69 Å². The molecule has 4 rings (SSSR count). The molecule has 0 saturated carbocycles. The molecule has 168 valence electrons. The molecule has 0 radical (unpaired) electrons. The Labute approximate surface area is 193 Å². The number of nitrogens with one attached hydrogen (secondary N) is 1. The highest BCUT2D eigenvalue weighted by molar-refractivity contribution is 7.89. The first-order chi connectivity index (χ1) is 15.3. The highest BCUT2D eigenvalue weighted by atomic mass is 35.5. The number of rotatable bonds is 6. The van der Waals surface area contributed by atoms with Gasteiger partial charge in [-0.15, -0.1) is 0 Å². The van der Waals surface area contributed by atoms with Gasteiger partial charge in [0.05, 0.1) is 23.3 Å². The van der Waals surface area contributed by atoms with E-state index in [0.717, 1.165) is 5.56 Å². The van der Waals surface area contributed by atoms with Crippen LogP contribution in [-0.4, -0.2) is 41.5 Å². The lowest BCUT2D eigenvalue weighted by Crippen LogP contribution is -2.41. The van der Waals surface area contributed by atoms with E-state index < -0.39 is 10.0 Å². The zero-order chi connectivity index (χ0) is 22.7. The highest BCUT2D eigenvalue weighted by Gasteiger charge is 2.32. The largest absolute Gasteiger partial charge is 0.323 e. The quantitative estimate of drug-likeness (QED) is 0.589. The van der Waals surface area contributed by atoms with Crippen molar-refractivity contribution in [2.45, 2.75) is 31.2 Å². The third-order valence-corrected chi connectivity index (χ3v) is 7.77. The molecule has 1 aliphatic rings. The van der Waals surface area contributed by atoms with Crippen LogP contribution in [-0.2, 0) is 21.4 Å². The van der Waals surface area contributed by atoms with Crippen molar-refractivity contribution in [1.82, 2.24) is 14.1 Å². The first kappa shape index (κ1) is 22.5. The Bertz CT molecular complexity index is 1200. The van der Waals surface area contributed by atoms with Crippen LogP contribution in [0.2, 0.25) is 5.02 Å². The summed E-state index contributed by atoms with van der Waals surface area (Å²) >= 11 is 5.86. The molecule has 0 atom stereocenters. The van der Waals surface area contributed by atoms with E-state index in [-0.39, 0.29) is 16.7 Å². The molecule has 1 N–H and O–H groups in total. The van der Waals surface area contributed by atoms with E-state index in [4.69, 9.17) is 11.6 Å². The van der Waals surface area contributed by atoms with Gasteiger partial charge in [-0.05, 0) is 49.6 Å². The minimum absolute atomic E-state index is 0.108. The van der Waals surface area contributed by atoms with Crippen LogP contribution in [0.15, 0.2) is 65.8 Å². The number of halogens is 1. The standard InChI is InChI=1S/C23H25ClN4O3S/c1-17-3-2-4-18(13-17)15-27-16-21(14-25-27)26-23(29)19-9-11-28(12-10-19)32(30,31)22-7-5-20(24)6-8-22/h2-8,13-14,16,19H,9-12,15H2,1H3,(H,26,29). The summed E-state index contributed by atoms with van der Waals surface area (Å²) in [6.07, 6.45) is 4.38. The highest BCUT2D eigenvalue weighted by Crippen LogP contribution is 2.25. The third kappa shape index (κ3) is 5.20. The fraction of sp³-hybridized carbons (Fsp3) is 0.304. The molecule has 0 unspecified atom stereocenters. The van der Waals surface area contributed by atoms with Gasteiger partial charge in [0.15, 0.2) is 0 Å². The molecule has 7 nitrogen and oxygen atoms in total. The lowest BCUT2D eigenvalue weighted by atomic mass is 9.97. The summed E-state index contributed by atoms with van der Waals surface area (Å²) in [6.45, 7) is 3.27. The van der Waals surface area contributed by atoms with Crippen molar-refractivity contribution >= 4 is 33.2 Å². The lowest BCUT2D eigenvalue weighted by molar-refractivity contribution is -0.120. The number of hydrogen-bond donors (Lipinski definition) is 1. The van der Waals surface area contributed by atoms with Crippen LogP contribution < -0.4 is 5.32 Å². The Morgan fingerprint density at radius 3 is 2.56 bits per heavy atom. The number of piperidine rings is 1. The van der Waals surface area contributed by atoms with E-state index in [0.29, 0.717) is 43.2 Å². The maximum absolute atomic E-state index is 12.8. The summed E-state index contributed by atoms with van der Waals surface area (Å²) < 4.78 is 28.8. The Kier molecular flexibility index (Phi) is 6.64. The van der Waals surface area contributed by atoms with Gasteiger partial charge in [-0.1, -0.05) is 41.4 Å². The summed E-state index contributed by atoms with van der Waals surface area (Å²) in [7, 11) is -3.59. The van der Waals surface area contributed by atoms with Crippen molar-refractivity contribution in [1.29, 1.82) is 0 Å². The maximum atomic E-state index is 12.8. The molecule has 1 amide bonds. The maximum Gasteiger partial charge on any atom is 0.243 e. The van der Waals surface area contributed by atoms with Crippen molar-refractivity contribution in [3.05, 3.63) is 77.1 Å². The van der Waals surface area contributed by atoms with Gasteiger partial charge < -0.3 is 5.32 Å². The number of hydrogen-bond acceptors (Lipinski definition) is 4. The lowest BCUT2D eigenvalue weighted by Gasteiger charge is -2.30. The van der Waals surface area contributed by atoms with Crippen LogP contribution in [0.3, 0.4) is 0 Å². The second-order valence-corrected chi connectivity index (χ2v) is 10.4. The summed E-state index contributed by atoms with van der Waals surface area (Å²) in [5, 5.41) is 7.73. The second kappa shape index (κ2) is 9.44. The monoisotopic (exact) mass is 472 g/mol. The zero-order valence-corrected chi connectivity index (χ0v) is 19.3. The van der Waals surface area contributed by atoms with Crippen LogP contribution >= 0.6 is 11.6 Å². The Hall–Kier alpha value is -2.68. The third-order valence-electron chi connectivity index (χ3n) is 5.60. The molecule has 1 aromatic heterocycles. The number of anilines is 1. The zero-order valence-electron chi connectivity index (χ0n) is 17.7. The van der Waals surface area contributed by atoms with Gasteiger partial charge in [0.25, 0.3) is 0 Å². The van der Waals surface area contributed by atoms with Gasteiger partial charge in [-0.25, -0.2) is 8.42 Å². The predicted molar refractivity (Wildman–Crippen MR) is 124 cm³/mol. The van der Waals surface area contributed by atoms with Crippen LogP contribution in [0, 0.1) is 12.8 Å². The molecule has 9 heteroatoms. The van der Waals surface area contributed by atoms with Gasteiger partial charge in [0.2, 0.25) is 15.9 Å². The smallest absolute Gasteiger partial charge is 0.243 e. The molecular weight excluding hydrogens is 448 g/mol. The van der Waals surface area contributed by atoms with E-state index in [1.165, 1.54) is 22.0 Å². The molecule has 32 heavy (non-hydrogen) atoms. The molecule has 1 fully saturated rings. The number of nitrogens with zero attached hydrogens (tertiary/aromatic N) is 3. The molecule has 1 saturated heterocycles. The van der Waals surface area contributed by atoms with Crippen molar-refractivity contribution in [2.24, 2.45) is 5.92 Å². The number of benzene rings is 2. The number of sulfonamides is 1. The van der Waals surface area contributed by atoms with Crippen molar-refractivity contribution < 1.29 is 13.2 Å². The molecule has 0 bridgehead atoms. The number of carbonyl (C=O) groups excluding carboxylic acids is 1. The number of amides is 1. The molecule has 1 aliphatic heterocycles. The first-order valence-corrected chi connectivity index (χ1v) is 12.3. The van der Waals surface area contributed by atoms with Gasteiger partial charge in [-0.2, -0.15) is 9.40 Å². The topological polar surface area (TPSA) is 84.3 Å². The minimum Gasteiger partial charge on any atom is -0.323 e. The van der Waals surface area contributed by atoms with E-state index in [1.807, 2.05) is 25.1 Å². The molecule has 0 aliphatic carbocycles. The second-order valence-electron chi connectivity index (χ2n) is 8.04. The van der Waals surface area contributed by atoms with Crippen LogP contribution in [0.1, 0.15) is 24.0 Å². The first-order valence-electron chi connectivity index (χ1n) is 10.5. The number of aryl methyl sites for hydroxylation is 1. The summed E-state index contributed by atoms with van der Waals surface area (Å²) in [6, 6.07) is 14.3. The van der Waals surface area contributed by atoms with Crippen molar-refractivity contribution in [3.63, 3.8) is 0 Å². The van der Waals surface area contributed by atoms with E-state index in [1.54, 1.807) is 29.2 Å². The van der Waals surface area contributed by atoms with E-state index in [2.05, 4.69) is 16.5 Å². The van der Waals surface area contributed by atoms with E-state index >= 15 is 0 Å². The van der Waals surface area contributed by atoms with Crippen LogP contribution in [0.5, 0.6) is 0 Å². The fourth-order valence-electron chi connectivity index (χ4n) is 3.87. The van der Waals surface area contributed by atoms with E-state index in [9.17, 15) is 13.2 Å². The minimum atomic E-state index is -3.59. The Morgan fingerprint density at radius 1 is 1.16 bits per heavy atom. The summed E-state index contributed by atoms with van der Waals surface area (Å²) in [4.78, 5) is 12.9.